The summed E-state index contributed by atoms with van der Waals surface area (Å²) in [6.45, 7) is 3.81. The van der Waals surface area contributed by atoms with Crippen LogP contribution in [0.15, 0.2) is 60.7 Å². The van der Waals surface area contributed by atoms with E-state index in [4.69, 9.17) is 9.47 Å². The monoisotopic (exact) mass is 357 g/mol. The second-order valence-corrected chi connectivity index (χ2v) is 5.65. The van der Waals surface area contributed by atoms with Crippen molar-refractivity contribution in [1.29, 1.82) is 0 Å². The fraction of sp³-hybridized carbons (Fsp3) is 0.300. The number of benzene rings is 2. The predicted molar refractivity (Wildman–Crippen MR) is 96.7 cm³/mol. The van der Waals surface area contributed by atoms with Crippen LogP contribution in [0.4, 0.5) is 0 Å². The van der Waals surface area contributed by atoms with Crippen LogP contribution in [-0.4, -0.2) is 36.0 Å². The zero-order valence-electron chi connectivity index (χ0n) is 14.8. The molecule has 0 saturated heterocycles. The third-order valence-electron chi connectivity index (χ3n) is 3.77. The number of amides is 1. The van der Waals surface area contributed by atoms with Crippen LogP contribution in [0.25, 0.3) is 0 Å². The minimum absolute atomic E-state index is 0.377. The first-order valence-corrected chi connectivity index (χ1v) is 8.43. The molecule has 6 nitrogen and oxygen atoms in total. The Morgan fingerprint density at radius 1 is 1.04 bits per heavy atom. The molecule has 6 heteroatoms. The van der Waals surface area contributed by atoms with E-state index in [0.717, 1.165) is 0 Å². The van der Waals surface area contributed by atoms with Crippen molar-refractivity contribution in [1.82, 2.24) is 5.32 Å². The quantitative estimate of drug-likeness (QED) is 0.674. The number of carbonyl (C=O) groups excluding carboxylic acids is 1. The maximum absolute atomic E-state index is 12.6. The molecule has 2 rings (SSSR count). The third-order valence-corrected chi connectivity index (χ3v) is 3.77. The van der Waals surface area contributed by atoms with E-state index in [9.17, 15) is 14.7 Å². The van der Waals surface area contributed by atoms with Crippen molar-refractivity contribution in [3.63, 3.8) is 0 Å². The maximum atomic E-state index is 12.6. The molecular formula is C20H23NO5. The predicted octanol–water partition coefficient (Wildman–Crippen LogP) is 3.01. The highest BCUT2D eigenvalue weighted by Crippen LogP contribution is 2.22. The van der Waals surface area contributed by atoms with Crippen LogP contribution in [0.1, 0.15) is 35.8 Å². The van der Waals surface area contributed by atoms with Gasteiger partial charge in [0, 0.05) is 12.2 Å². The molecule has 0 aliphatic rings. The fourth-order valence-corrected chi connectivity index (χ4v) is 2.57. The van der Waals surface area contributed by atoms with Gasteiger partial charge >= 0.3 is 5.97 Å². The average Bonchev–Trinajstić information content (AvgIpc) is 2.66. The Labute approximate surface area is 152 Å². The van der Waals surface area contributed by atoms with Gasteiger partial charge in [0.1, 0.15) is 0 Å². The van der Waals surface area contributed by atoms with E-state index in [-0.39, 0.29) is 5.91 Å². The minimum atomic E-state index is -1.30. The van der Waals surface area contributed by atoms with Gasteiger partial charge in [0.15, 0.2) is 12.4 Å². The summed E-state index contributed by atoms with van der Waals surface area (Å²) in [5, 5.41) is 12.5. The Morgan fingerprint density at radius 2 is 1.62 bits per heavy atom. The molecule has 1 amide bonds. The second-order valence-electron chi connectivity index (χ2n) is 5.65. The van der Waals surface area contributed by atoms with Crippen LogP contribution >= 0.6 is 0 Å². The molecule has 0 aliphatic heterocycles. The van der Waals surface area contributed by atoms with Gasteiger partial charge in [0.25, 0.3) is 5.91 Å². The van der Waals surface area contributed by atoms with E-state index in [1.165, 1.54) is 0 Å². The van der Waals surface area contributed by atoms with E-state index in [1.54, 1.807) is 68.4 Å². The summed E-state index contributed by atoms with van der Waals surface area (Å²) in [7, 11) is 0. The first-order chi connectivity index (χ1) is 12.5. The molecule has 0 aliphatic carbocycles. The van der Waals surface area contributed by atoms with Crippen LogP contribution < -0.4 is 5.32 Å². The van der Waals surface area contributed by atoms with Gasteiger partial charge in [0.2, 0.25) is 0 Å². The topological polar surface area (TPSA) is 84.9 Å². The summed E-state index contributed by atoms with van der Waals surface area (Å²) in [6, 6.07) is 16.6. The molecule has 138 valence electrons. The van der Waals surface area contributed by atoms with Crippen LogP contribution in [0.3, 0.4) is 0 Å². The molecule has 2 aromatic rings. The Morgan fingerprint density at radius 3 is 2.15 bits per heavy atom. The summed E-state index contributed by atoms with van der Waals surface area (Å²) < 4.78 is 10.9. The number of hydrogen-bond acceptors (Lipinski definition) is 4. The van der Waals surface area contributed by atoms with Crippen molar-refractivity contribution in [3.05, 3.63) is 71.8 Å². The summed E-state index contributed by atoms with van der Waals surface area (Å²) in [6.07, 6.45) is -2.02. The van der Waals surface area contributed by atoms with Crippen molar-refractivity contribution >= 4 is 11.9 Å². The number of hydrogen-bond donors (Lipinski definition) is 2. The van der Waals surface area contributed by atoms with Gasteiger partial charge in [-0.1, -0.05) is 48.5 Å². The number of rotatable bonds is 9. The van der Waals surface area contributed by atoms with Crippen molar-refractivity contribution in [2.24, 2.45) is 0 Å². The first-order valence-electron chi connectivity index (χ1n) is 8.43. The Kier molecular flexibility index (Phi) is 7.32. The third kappa shape index (κ3) is 5.40. The van der Waals surface area contributed by atoms with Gasteiger partial charge < -0.3 is 19.9 Å². The van der Waals surface area contributed by atoms with Crippen molar-refractivity contribution in [2.75, 3.05) is 6.61 Å². The van der Waals surface area contributed by atoms with Crippen LogP contribution in [0.2, 0.25) is 0 Å². The molecular weight excluding hydrogens is 334 g/mol. The highest BCUT2D eigenvalue weighted by molar-refractivity contribution is 5.94. The van der Waals surface area contributed by atoms with Gasteiger partial charge in [0.05, 0.1) is 6.04 Å². The van der Waals surface area contributed by atoms with Crippen LogP contribution in [-0.2, 0) is 14.3 Å². The molecule has 0 spiro atoms. The molecule has 2 N–H and O–H groups in total. The molecule has 0 aromatic heterocycles. The number of carboxylic acid groups (broad SMARTS) is 1. The molecule has 0 bridgehead atoms. The largest absolute Gasteiger partial charge is 0.479 e. The van der Waals surface area contributed by atoms with Gasteiger partial charge in [-0.05, 0) is 31.5 Å². The average molecular weight is 357 g/mol. The van der Waals surface area contributed by atoms with E-state index in [0.29, 0.717) is 17.7 Å². The molecule has 0 heterocycles. The summed E-state index contributed by atoms with van der Waals surface area (Å²) in [5.74, 6) is -1.56. The SMILES string of the molecule is CCOC(C)O[C@@H](C(=O)O)[C@@H](NC(=O)c1ccccc1)c1ccccc1. The van der Waals surface area contributed by atoms with E-state index >= 15 is 0 Å². The molecule has 26 heavy (non-hydrogen) atoms. The highest BCUT2D eigenvalue weighted by Gasteiger charge is 2.33. The number of carbonyl (C=O) groups is 2. The summed E-state index contributed by atoms with van der Waals surface area (Å²) >= 11 is 0. The molecule has 2 aromatic carbocycles. The lowest BCUT2D eigenvalue weighted by Gasteiger charge is -2.28. The first kappa shape index (κ1) is 19.6. The lowest BCUT2D eigenvalue weighted by molar-refractivity contribution is -0.187. The van der Waals surface area contributed by atoms with Crippen LogP contribution in [0.5, 0.6) is 0 Å². The number of carboxylic acids is 1. The van der Waals surface area contributed by atoms with Crippen molar-refractivity contribution < 1.29 is 24.2 Å². The molecule has 1 unspecified atom stereocenters. The van der Waals surface area contributed by atoms with Gasteiger partial charge in [-0.25, -0.2) is 4.79 Å². The zero-order chi connectivity index (χ0) is 18.9. The highest BCUT2D eigenvalue weighted by atomic mass is 16.7. The lowest BCUT2D eigenvalue weighted by Crippen LogP contribution is -2.43. The van der Waals surface area contributed by atoms with E-state index < -0.39 is 24.4 Å². The lowest BCUT2D eigenvalue weighted by atomic mass is 10.0. The fourth-order valence-electron chi connectivity index (χ4n) is 2.57. The standard InChI is InChI=1S/C20H23NO5/c1-3-25-14(2)26-18(20(23)24)17(15-10-6-4-7-11-15)21-19(22)16-12-8-5-9-13-16/h4-14,17-18H,3H2,1-2H3,(H,21,22)(H,23,24)/t14?,17-,18+/m0/s1. The molecule has 0 radical (unpaired) electrons. The van der Waals surface area contributed by atoms with E-state index in [1.807, 2.05) is 6.07 Å². The van der Waals surface area contributed by atoms with Gasteiger partial charge in [-0.2, -0.15) is 0 Å². The maximum Gasteiger partial charge on any atom is 0.335 e. The number of aliphatic carboxylic acids is 1. The normalized spacial score (nSPS) is 14.2. The Hall–Kier alpha value is -2.70. The van der Waals surface area contributed by atoms with Gasteiger partial charge in [-0.3, -0.25) is 4.79 Å². The number of nitrogens with one attached hydrogen (secondary N) is 1. The summed E-state index contributed by atoms with van der Waals surface area (Å²) in [4.78, 5) is 24.4. The smallest absolute Gasteiger partial charge is 0.335 e. The van der Waals surface area contributed by atoms with Crippen molar-refractivity contribution in [2.45, 2.75) is 32.3 Å². The zero-order valence-corrected chi connectivity index (χ0v) is 14.8. The molecule has 0 fully saturated rings. The van der Waals surface area contributed by atoms with Gasteiger partial charge in [-0.15, -0.1) is 0 Å². The second kappa shape index (κ2) is 9.70. The van der Waals surface area contributed by atoms with Crippen molar-refractivity contribution in [3.8, 4) is 0 Å². The van der Waals surface area contributed by atoms with E-state index in [2.05, 4.69) is 5.32 Å². The Balaban J connectivity index is 2.30. The Bertz CT molecular complexity index is 705. The summed E-state index contributed by atoms with van der Waals surface area (Å²) in [5.41, 5.74) is 1.07. The molecule has 0 saturated carbocycles. The molecule has 3 atom stereocenters. The van der Waals surface area contributed by atoms with Crippen LogP contribution in [0, 0.1) is 0 Å². The number of ether oxygens (including phenoxy) is 2. The minimum Gasteiger partial charge on any atom is -0.479 e.